The molecule has 2 aliphatic heterocycles. The van der Waals surface area contributed by atoms with Crippen LogP contribution in [-0.2, 0) is 43.1 Å². The standard InChI is InChI=1S/C39H44N5O9P/c1-21(2)25-8-4-6-23(16-25)20-53-22(3)29(14-15-34(40)45)42-37(47)33-19-26-9-5-7-24-10-13-31(38(48)44(33)35(24)26)43-36(46)32-18-28-17-27(11-12-30(28)41-32)39(49)54(50,51)52/h4-9,11-12,16-18,21-22,29,31,33,41H,10,13-15,19-20H2,1-3H3,(H2,40,45)(H,42,47)(H,43,46)(H2,50,51,52)/t22-,29+,31+,33+/m1/s1. The Morgan fingerprint density at radius 2 is 1.76 bits per heavy atom. The van der Waals surface area contributed by atoms with Crippen molar-refractivity contribution in [3.8, 4) is 0 Å². The van der Waals surface area contributed by atoms with Crippen LogP contribution in [0.4, 0.5) is 5.69 Å². The molecule has 0 spiro atoms. The van der Waals surface area contributed by atoms with E-state index in [2.05, 4.69) is 41.6 Å². The summed E-state index contributed by atoms with van der Waals surface area (Å²) in [5.41, 5.74) is 8.95. The van der Waals surface area contributed by atoms with E-state index in [0.717, 1.165) is 16.7 Å². The lowest BCUT2D eigenvalue weighted by Crippen LogP contribution is -2.56. The lowest BCUT2D eigenvalue weighted by molar-refractivity contribution is -0.128. The van der Waals surface area contributed by atoms with Crippen LogP contribution >= 0.6 is 7.60 Å². The Bertz CT molecular complexity index is 2180. The molecular weight excluding hydrogens is 713 g/mol. The first-order chi connectivity index (χ1) is 25.6. The number of nitrogens with two attached hydrogens (primary N) is 1. The van der Waals surface area contributed by atoms with Gasteiger partial charge >= 0.3 is 7.60 Å². The third kappa shape index (κ3) is 8.32. The Morgan fingerprint density at radius 1 is 1.02 bits per heavy atom. The summed E-state index contributed by atoms with van der Waals surface area (Å²) < 4.78 is 17.7. The fraction of sp³-hybridized carbons (Fsp3) is 0.359. The molecule has 284 valence electrons. The maximum Gasteiger partial charge on any atom is 0.396 e. The molecule has 0 unspecified atom stereocenters. The highest BCUT2D eigenvalue weighted by molar-refractivity contribution is 7.70. The summed E-state index contributed by atoms with van der Waals surface area (Å²) >= 11 is 0. The van der Waals surface area contributed by atoms with Crippen LogP contribution in [0.1, 0.15) is 89.1 Å². The molecule has 4 amide bonds. The number of aryl methyl sites for hydroxylation is 1. The molecule has 2 aliphatic rings. The minimum atomic E-state index is -5.01. The van der Waals surface area contributed by atoms with E-state index < -0.39 is 61.0 Å². The van der Waals surface area contributed by atoms with Gasteiger partial charge in [0.2, 0.25) is 17.7 Å². The Balaban J connectivity index is 1.20. The third-order valence-corrected chi connectivity index (χ3v) is 10.9. The number of hydrogen-bond acceptors (Lipinski definition) is 7. The largest absolute Gasteiger partial charge is 0.396 e. The molecule has 3 aromatic carbocycles. The number of para-hydroxylation sites is 1. The molecule has 0 bridgehead atoms. The molecule has 7 N–H and O–H groups in total. The molecule has 0 saturated heterocycles. The highest BCUT2D eigenvalue weighted by atomic mass is 31.2. The maximum absolute atomic E-state index is 14.3. The molecule has 1 aromatic heterocycles. The molecule has 0 saturated carbocycles. The molecule has 14 nitrogen and oxygen atoms in total. The lowest BCUT2D eigenvalue weighted by Gasteiger charge is -2.31. The van der Waals surface area contributed by atoms with Crippen LogP contribution in [0.15, 0.2) is 66.7 Å². The van der Waals surface area contributed by atoms with E-state index in [4.69, 9.17) is 10.5 Å². The molecule has 0 aliphatic carbocycles. The molecule has 54 heavy (non-hydrogen) atoms. The fourth-order valence-electron chi connectivity index (χ4n) is 7.15. The van der Waals surface area contributed by atoms with Gasteiger partial charge in [-0.15, -0.1) is 0 Å². The number of carbonyl (C=O) groups is 5. The van der Waals surface area contributed by atoms with E-state index in [9.17, 15) is 38.3 Å². The van der Waals surface area contributed by atoms with E-state index in [-0.39, 0.29) is 43.5 Å². The van der Waals surface area contributed by atoms with Crippen molar-refractivity contribution in [3.63, 3.8) is 0 Å². The molecule has 0 fully saturated rings. The predicted octanol–water partition coefficient (Wildman–Crippen LogP) is 3.97. The number of fused-ring (bicyclic) bond motifs is 1. The Labute approximate surface area is 312 Å². The van der Waals surface area contributed by atoms with Crippen molar-refractivity contribution < 1.29 is 43.1 Å². The van der Waals surface area contributed by atoms with Gasteiger partial charge in [-0.3, -0.25) is 33.4 Å². The van der Waals surface area contributed by atoms with Crippen LogP contribution in [0.3, 0.4) is 0 Å². The van der Waals surface area contributed by atoms with Gasteiger partial charge in [0.25, 0.3) is 11.4 Å². The van der Waals surface area contributed by atoms with Crippen molar-refractivity contribution in [2.75, 3.05) is 4.90 Å². The van der Waals surface area contributed by atoms with Gasteiger partial charge in [-0.1, -0.05) is 56.3 Å². The molecule has 3 heterocycles. The minimum absolute atomic E-state index is 0.0162. The molecule has 6 rings (SSSR count). The van der Waals surface area contributed by atoms with Crippen LogP contribution in [0, 0.1) is 0 Å². The zero-order chi connectivity index (χ0) is 38.9. The summed E-state index contributed by atoms with van der Waals surface area (Å²) in [5, 5.41) is 6.23. The summed E-state index contributed by atoms with van der Waals surface area (Å²) in [6.45, 7) is 6.33. The zero-order valence-electron chi connectivity index (χ0n) is 30.2. The lowest BCUT2D eigenvalue weighted by atomic mass is 10.0. The van der Waals surface area contributed by atoms with E-state index in [1.165, 1.54) is 34.7 Å². The summed E-state index contributed by atoms with van der Waals surface area (Å²) in [7, 11) is -5.01. The number of nitrogens with one attached hydrogen (secondary N) is 3. The van der Waals surface area contributed by atoms with Gasteiger partial charge in [-0.25, -0.2) is 0 Å². The third-order valence-electron chi connectivity index (χ3n) is 10.1. The number of benzene rings is 3. The summed E-state index contributed by atoms with van der Waals surface area (Å²) in [6.07, 6.45) is 0.698. The van der Waals surface area contributed by atoms with Crippen molar-refractivity contribution in [2.24, 2.45) is 5.73 Å². The van der Waals surface area contributed by atoms with Gasteiger partial charge in [-0.2, -0.15) is 0 Å². The predicted molar refractivity (Wildman–Crippen MR) is 201 cm³/mol. The second-order valence-corrected chi connectivity index (χ2v) is 15.8. The first-order valence-electron chi connectivity index (χ1n) is 17.9. The molecule has 0 radical (unpaired) electrons. The fourth-order valence-corrected chi connectivity index (χ4v) is 7.63. The van der Waals surface area contributed by atoms with E-state index >= 15 is 0 Å². The number of anilines is 1. The van der Waals surface area contributed by atoms with Crippen LogP contribution < -0.4 is 21.3 Å². The number of aromatic amines is 1. The Kier molecular flexibility index (Phi) is 11.2. The highest BCUT2D eigenvalue weighted by Crippen LogP contribution is 2.40. The topological polar surface area (TPSA) is 221 Å². The quantitative estimate of drug-likeness (QED) is 0.102. The number of amides is 4. The summed E-state index contributed by atoms with van der Waals surface area (Å²) in [6, 6.07) is 16.6. The second-order valence-electron chi connectivity index (χ2n) is 14.3. The van der Waals surface area contributed by atoms with Crippen molar-refractivity contribution in [3.05, 3.63) is 100 Å². The summed E-state index contributed by atoms with van der Waals surface area (Å²) in [5.74, 6) is -1.68. The Morgan fingerprint density at radius 3 is 2.48 bits per heavy atom. The average Bonchev–Trinajstić information content (AvgIpc) is 3.71. The van der Waals surface area contributed by atoms with Gasteiger partial charge in [0.05, 0.1) is 24.4 Å². The number of hydrogen-bond donors (Lipinski definition) is 6. The van der Waals surface area contributed by atoms with E-state index in [0.29, 0.717) is 28.9 Å². The molecular formula is C39H44N5O9P. The number of rotatable bonds is 14. The number of nitrogens with zero attached hydrogens (tertiary/aromatic N) is 1. The summed E-state index contributed by atoms with van der Waals surface area (Å²) in [4.78, 5) is 89.0. The van der Waals surface area contributed by atoms with Crippen LogP contribution in [-0.4, -0.2) is 68.2 Å². The first kappa shape index (κ1) is 38.6. The van der Waals surface area contributed by atoms with Gasteiger partial charge in [0.1, 0.15) is 17.8 Å². The Hall–Kier alpha value is -5.14. The van der Waals surface area contributed by atoms with Crippen molar-refractivity contribution in [1.29, 1.82) is 0 Å². The monoisotopic (exact) mass is 757 g/mol. The number of H-pyrrole nitrogens is 1. The molecule has 4 aromatic rings. The minimum Gasteiger partial charge on any atom is -0.372 e. The zero-order valence-corrected chi connectivity index (χ0v) is 31.1. The van der Waals surface area contributed by atoms with Crippen LogP contribution in [0.25, 0.3) is 10.9 Å². The maximum atomic E-state index is 14.3. The van der Waals surface area contributed by atoms with Crippen molar-refractivity contribution >= 4 is 53.3 Å². The highest BCUT2D eigenvalue weighted by Gasteiger charge is 2.44. The second kappa shape index (κ2) is 15.7. The SMILES string of the molecule is CC(C)c1cccc(CO[C@H](C)[C@H](CCC(N)=O)NC(=O)[C@@H]2Cc3cccc4c3N2C(=O)[C@@H](NC(=O)c2cc3cc(C(=O)P(=O)(O)O)ccc3[nH]2)CC4)c1. The van der Waals surface area contributed by atoms with Crippen LogP contribution in [0.5, 0.6) is 0 Å². The normalized spacial score (nSPS) is 17.9. The van der Waals surface area contributed by atoms with Gasteiger partial charge in [0.15, 0.2) is 0 Å². The van der Waals surface area contributed by atoms with E-state index in [1.54, 1.807) is 0 Å². The smallest absolute Gasteiger partial charge is 0.372 e. The molecule has 15 heteroatoms. The van der Waals surface area contributed by atoms with E-state index in [1.807, 2.05) is 37.3 Å². The van der Waals surface area contributed by atoms with Gasteiger partial charge < -0.3 is 35.9 Å². The number of ether oxygens (including phenoxy) is 1. The molecule has 4 atom stereocenters. The van der Waals surface area contributed by atoms with Crippen molar-refractivity contribution in [2.45, 2.75) is 89.6 Å². The number of aromatic nitrogens is 1. The van der Waals surface area contributed by atoms with Crippen LogP contribution in [0.2, 0.25) is 0 Å². The van der Waals surface area contributed by atoms with Gasteiger partial charge in [-0.05, 0) is 78.6 Å². The van der Waals surface area contributed by atoms with Gasteiger partial charge in [0, 0.05) is 29.3 Å². The van der Waals surface area contributed by atoms with Crippen molar-refractivity contribution in [1.82, 2.24) is 15.6 Å². The number of primary amides is 1. The average molecular weight is 758 g/mol. The number of carbonyl (C=O) groups excluding carboxylic acids is 5. The first-order valence-corrected chi connectivity index (χ1v) is 19.5.